The van der Waals surface area contributed by atoms with Crippen LogP contribution in [0.2, 0.25) is 0 Å². The third-order valence-corrected chi connectivity index (χ3v) is 2.44. The SMILES string of the molecule is O=C(O)[C@H]1CC[C@H](c2ccc[nH]2)N1. The van der Waals surface area contributed by atoms with Crippen molar-refractivity contribution >= 4 is 5.97 Å². The van der Waals surface area contributed by atoms with Gasteiger partial charge in [0.1, 0.15) is 6.04 Å². The lowest BCUT2D eigenvalue weighted by Gasteiger charge is -2.09. The molecule has 1 fully saturated rings. The van der Waals surface area contributed by atoms with Gasteiger partial charge in [-0.1, -0.05) is 0 Å². The number of aromatic nitrogens is 1. The molecule has 2 heterocycles. The molecule has 1 aromatic heterocycles. The second kappa shape index (κ2) is 3.22. The zero-order valence-corrected chi connectivity index (χ0v) is 7.16. The number of aromatic amines is 1. The Morgan fingerprint density at radius 2 is 2.38 bits per heavy atom. The summed E-state index contributed by atoms with van der Waals surface area (Å²) in [6.45, 7) is 0. The molecule has 1 saturated heterocycles. The minimum atomic E-state index is -0.756. The second-order valence-corrected chi connectivity index (χ2v) is 3.31. The first-order valence-electron chi connectivity index (χ1n) is 4.39. The van der Waals surface area contributed by atoms with E-state index in [1.165, 1.54) is 0 Å². The molecule has 0 bridgehead atoms. The highest BCUT2D eigenvalue weighted by Crippen LogP contribution is 2.24. The lowest BCUT2D eigenvalue weighted by Crippen LogP contribution is -2.31. The fraction of sp³-hybridized carbons (Fsp3) is 0.444. The van der Waals surface area contributed by atoms with E-state index in [-0.39, 0.29) is 12.1 Å². The average molecular weight is 180 g/mol. The Kier molecular flexibility index (Phi) is 2.06. The summed E-state index contributed by atoms with van der Waals surface area (Å²) in [5, 5.41) is 11.8. The lowest BCUT2D eigenvalue weighted by molar-refractivity contribution is -0.139. The third-order valence-electron chi connectivity index (χ3n) is 2.44. The first-order chi connectivity index (χ1) is 6.27. The maximum atomic E-state index is 10.6. The number of hydrogen-bond acceptors (Lipinski definition) is 2. The van der Waals surface area contributed by atoms with Gasteiger partial charge < -0.3 is 10.1 Å². The molecule has 0 aliphatic carbocycles. The van der Waals surface area contributed by atoms with E-state index < -0.39 is 5.97 Å². The number of aliphatic carboxylic acids is 1. The van der Waals surface area contributed by atoms with Gasteiger partial charge in [-0.3, -0.25) is 10.1 Å². The largest absolute Gasteiger partial charge is 0.480 e. The third kappa shape index (κ3) is 1.58. The molecule has 13 heavy (non-hydrogen) atoms. The summed E-state index contributed by atoms with van der Waals surface area (Å²) in [7, 11) is 0. The van der Waals surface area contributed by atoms with Crippen LogP contribution in [0.25, 0.3) is 0 Å². The number of nitrogens with one attached hydrogen (secondary N) is 2. The van der Waals surface area contributed by atoms with Crippen molar-refractivity contribution in [2.24, 2.45) is 0 Å². The molecule has 3 N–H and O–H groups in total. The van der Waals surface area contributed by atoms with Crippen LogP contribution >= 0.6 is 0 Å². The normalized spacial score (nSPS) is 27.7. The van der Waals surface area contributed by atoms with Gasteiger partial charge in [0.2, 0.25) is 0 Å². The highest BCUT2D eigenvalue weighted by molar-refractivity contribution is 5.73. The molecule has 0 aromatic carbocycles. The molecule has 2 rings (SSSR count). The molecule has 4 heteroatoms. The molecule has 0 unspecified atom stereocenters. The number of carboxylic acid groups (broad SMARTS) is 1. The van der Waals surface area contributed by atoms with Gasteiger partial charge in [0.25, 0.3) is 0 Å². The molecule has 1 aliphatic rings. The van der Waals surface area contributed by atoms with Crippen molar-refractivity contribution in [1.82, 2.24) is 10.3 Å². The minimum Gasteiger partial charge on any atom is -0.480 e. The summed E-state index contributed by atoms with van der Waals surface area (Å²) in [6.07, 6.45) is 3.45. The summed E-state index contributed by atoms with van der Waals surface area (Å²) < 4.78 is 0. The molecule has 0 saturated carbocycles. The van der Waals surface area contributed by atoms with Crippen molar-refractivity contribution in [2.45, 2.75) is 24.9 Å². The predicted molar refractivity (Wildman–Crippen MR) is 47.3 cm³/mol. The Hall–Kier alpha value is -1.29. The average Bonchev–Trinajstić information content (AvgIpc) is 2.75. The zero-order valence-electron chi connectivity index (χ0n) is 7.16. The van der Waals surface area contributed by atoms with Crippen molar-refractivity contribution < 1.29 is 9.90 Å². The molecule has 0 radical (unpaired) electrons. The van der Waals surface area contributed by atoms with Crippen LogP contribution < -0.4 is 5.32 Å². The monoisotopic (exact) mass is 180 g/mol. The molecule has 0 spiro atoms. The fourth-order valence-corrected chi connectivity index (χ4v) is 1.74. The summed E-state index contributed by atoms with van der Waals surface area (Å²) in [5.41, 5.74) is 1.07. The van der Waals surface area contributed by atoms with Crippen LogP contribution in [0.1, 0.15) is 24.6 Å². The van der Waals surface area contributed by atoms with Gasteiger partial charge >= 0.3 is 5.97 Å². The van der Waals surface area contributed by atoms with Crippen molar-refractivity contribution in [2.75, 3.05) is 0 Å². The summed E-state index contributed by atoms with van der Waals surface area (Å²) in [6, 6.07) is 3.69. The number of hydrogen-bond donors (Lipinski definition) is 3. The van der Waals surface area contributed by atoms with Gasteiger partial charge in [-0.25, -0.2) is 0 Å². The van der Waals surface area contributed by atoms with E-state index in [1.54, 1.807) is 0 Å². The van der Waals surface area contributed by atoms with Gasteiger partial charge in [-0.05, 0) is 25.0 Å². The quantitative estimate of drug-likeness (QED) is 0.633. The van der Waals surface area contributed by atoms with Crippen LogP contribution in [0.4, 0.5) is 0 Å². The first-order valence-corrected chi connectivity index (χ1v) is 4.39. The summed E-state index contributed by atoms with van der Waals surface area (Å²) >= 11 is 0. The molecule has 2 atom stereocenters. The van der Waals surface area contributed by atoms with E-state index in [1.807, 2.05) is 18.3 Å². The van der Waals surface area contributed by atoms with Crippen LogP contribution in [0.3, 0.4) is 0 Å². The van der Waals surface area contributed by atoms with Gasteiger partial charge in [0.05, 0.1) is 0 Å². The molecule has 0 amide bonds. The van der Waals surface area contributed by atoms with Crippen molar-refractivity contribution in [3.05, 3.63) is 24.0 Å². The van der Waals surface area contributed by atoms with Crippen molar-refractivity contribution in [1.29, 1.82) is 0 Å². The Labute approximate surface area is 76.0 Å². The van der Waals surface area contributed by atoms with E-state index in [4.69, 9.17) is 5.11 Å². The summed E-state index contributed by atoms with van der Waals surface area (Å²) in [4.78, 5) is 13.7. The maximum Gasteiger partial charge on any atom is 0.320 e. The fourth-order valence-electron chi connectivity index (χ4n) is 1.74. The van der Waals surface area contributed by atoms with E-state index >= 15 is 0 Å². The number of carboxylic acids is 1. The molecule has 1 aliphatic heterocycles. The van der Waals surface area contributed by atoms with Crippen LogP contribution in [-0.4, -0.2) is 22.1 Å². The topological polar surface area (TPSA) is 65.1 Å². The van der Waals surface area contributed by atoms with Gasteiger partial charge in [-0.15, -0.1) is 0 Å². The lowest BCUT2D eigenvalue weighted by atomic mass is 10.1. The molecule has 4 nitrogen and oxygen atoms in total. The van der Waals surface area contributed by atoms with Crippen LogP contribution in [-0.2, 0) is 4.79 Å². The summed E-state index contributed by atoms with van der Waals surface area (Å²) in [5.74, 6) is -0.756. The highest BCUT2D eigenvalue weighted by atomic mass is 16.4. The van der Waals surface area contributed by atoms with Crippen LogP contribution in [0, 0.1) is 0 Å². The maximum absolute atomic E-state index is 10.6. The van der Waals surface area contributed by atoms with E-state index in [9.17, 15) is 4.79 Å². The van der Waals surface area contributed by atoms with Gasteiger partial charge in [-0.2, -0.15) is 0 Å². The Balaban J connectivity index is 2.03. The molecular formula is C9H12N2O2. The zero-order chi connectivity index (χ0) is 9.26. The van der Waals surface area contributed by atoms with Gasteiger partial charge in [0.15, 0.2) is 0 Å². The molecular weight excluding hydrogens is 168 g/mol. The smallest absolute Gasteiger partial charge is 0.320 e. The number of carbonyl (C=O) groups is 1. The molecule has 1 aromatic rings. The highest BCUT2D eigenvalue weighted by Gasteiger charge is 2.29. The van der Waals surface area contributed by atoms with E-state index in [0.717, 1.165) is 12.1 Å². The second-order valence-electron chi connectivity index (χ2n) is 3.31. The minimum absolute atomic E-state index is 0.177. The van der Waals surface area contributed by atoms with Crippen molar-refractivity contribution in [3.8, 4) is 0 Å². The van der Waals surface area contributed by atoms with Crippen LogP contribution in [0.5, 0.6) is 0 Å². The van der Waals surface area contributed by atoms with Gasteiger partial charge in [0, 0.05) is 17.9 Å². The van der Waals surface area contributed by atoms with Crippen molar-refractivity contribution in [3.63, 3.8) is 0 Å². The van der Waals surface area contributed by atoms with E-state index in [0.29, 0.717) is 6.42 Å². The number of H-pyrrole nitrogens is 1. The first kappa shape index (κ1) is 8.31. The Morgan fingerprint density at radius 1 is 1.54 bits per heavy atom. The van der Waals surface area contributed by atoms with Crippen LogP contribution in [0.15, 0.2) is 18.3 Å². The standard InChI is InChI=1S/C9H12N2O2/c12-9(13)8-4-3-7(11-8)6-2-1-5-10-6/h1-2,5,7-8,10-11H,3-4H2,(H,12,13)/t7-,8-/m1/s1. The molecule has 70 valence electrons. The Morgan fingerprint density at radius 3 is 2.92 bits per heavy atom. The number of rotatable bonds is 2. The Bertz CT molecular complexity index is 295. The van der Waals surface area contributed by atoms with E-state index in [2.05, 4.69) is 10.3 Å². The predicted octanol–water partition coefficient (Wildman–Crippen LogP) is 0.892.